The number of carbonyl (C=O) groups is 1. The molecule has 1 atom stereocenters. The van der Waals surface area contributed by atoms with Gasteiger partial charge in [0.25, 0.3) is 0 Å². The Morgan fingerprint density at radius 3 is 2.61 bits per heavy atom. The average Bonchev–Trinajstić information content (AvgIpc) is 3.35. The maximum atomic E-state index is 12.9. The predicted molar refractivity (Wildman–Crippen MR) is 107 cm³/mol. The highest BCUT2D eigenvalue weighted by Gasteiger charge is 2.38. The van der Waals surface area contributed by atoms with Gasteiger partial charge in [0.1, 0.15) is 11.8 Å². The Kier molecular flexibility index (Phi) is 5.72. The molecule has 0 saturated heterocycles. The van der Waals surface area contributed by atoms with Crippen molar-refractivity contribution in [2.24, 2.45) is 0 Å². The van der Waals surface area contributed by atoms with Crippen LogP contribution < -0.4 is 10.1 Å². The smallest absolute Gasteiger partial charge is 0.244 e. The number of nitrogens with one attached hydrogen (secondary N) is 1. The van der Waals surface area contributed by atoms with E-state index < -0.39 is 6.04 Å². The molecule has 1 aliphatic rings. The van der Waals surface area contributed by atoms with Gasteiger partial charge in [0, 0.05) is 22.9 Å². The minimum Gasteiger partial charge on any atom is -0.496 e. The van der Waals surface area contributed by atoms with Crippen molar-refractivity contribution in [2.75, 3.05) is 13.7 Å². The summed E-state index contributed by atoms with van der Waals surface area (Å²) in [6, 6.07) is 7.67. The quantitative estimate of drug-likeness (QED) is 0.826. The summed E-state index contributed by atoms with van der Waals surface area (Å²) in [5.41, 5.74) is 0.859. The zero-order valence-corrected chi connectivity index (χ0v) is 17.5. The summed E-state index contributed by atoms with van der Waals surface area (Å²) in [5, 5.41) is 15.1. The lowest BCUT2D eigenvalue weighted by Gasteiger charge is -2.32. The normalized spacial score (nSPS) is 17.3. The molecule has 2 aromatic rings. The van der Waals surface area contributed by atoms with Crippen LogP contribution in [0.3, 0.4) is 0 Å². The molecule has 0 aliphatic heterocycles. The van der Waals surface area contributed by atoms with E-state index in [9.17, 15) is 4.79 Å². The Labute approximate surface area is 166 Å². The van der Waals surface area contributed by atoms with Gasteiger partial charge in [-0.05, 0) is 36.3 Å². The number of aromatic nitrogens is 4. The zero-order chi connectivity index (χ0) is 20.4. The van der Waals surface area contributed by atoms with Crippen molar-refractivity contribution in [3.63, 3.8) is 0 Å². The van der Waals surface area contributed by atoms with Gasteiger partial charge in [-0.15, -0.1) is 5.10 Å². The molecule has 152 valence electrons. The fourth-order valence-electron chi connectivity index (χ4n) is 4.14. The summed E-state index contributed by atoms with van der Waals surface area (Å²) in [4.78, 5) is 12.9. The van der Waals surface area contributed by atoms with Gasteiger partial charge in [-0.3, -0.25) is 4.79 Å². The molecule has 7 nitrogen and oxygen atoms in total. The van der Waals surface area contributed by atoms with E-state index in [0.717, 1.165) is 31.4 Å². The Balaban J connectivity index is 1.78. The molecular weight excluding hydrogens is 354 g/mol. The molecule has 3 rings (SSSR count). The number of carbonyl (C=O) groups excluding carboxylic acids is 1. The number of para-hydroxylation sites is 1. The summed E-state index contributed by atoms with van der Waals surface area (Å²) in [6.07, 6.45) is 4.40. The van der Waals surface area contributed by atoms with E-state index in [1.807, 2.05) is 45.9 Å². The molecule has 0 bridgehead atoms. The number of tetrazole rings is 1. The van der Waals surface area contributed by atoms with E-state index in [2.05, 4.69) is 26.9 Å². The molecule has 1 amide bonds. The van der Waals surface area contributed by atoms with Gasteiger partial charge in [-0.2, -0.15) is 0 Å². The molecule has 28 heavy (non-hydrogen) atoms. The van der Waals surface area contributed by atoms with Crippen LogP contribution in [-0.2, 0) is 15.6 Å². The molecule has 1 heterocycles. The highest BCUT2D eigenvalue weighted by atomic mass is 16.5. The number of amides is 1. The Bertz CT molecular complexity index is 818. The predicted octanol–water partition coefficient (Wildman–Crippen LogP) is 3.17. The van der Waals surface area contributed by atoms with Gasteiger partial charge < -0.3 is 10.1 Å². The molecule has 1 aromatic heterocycles. The summed E-state index contributed by atoms with van der Waals surface area (Å²) >= 11 is 0. The fraction of sp³-hybridized carbons (Fsp3) is 0.619. The van der Waals surface area contributed by atoms with Crippen LogP contribution in [0.15, 0.2) is 24.3 Å². The van der Waals surface area contributed by atoms with Gasteiger partial charge in [-0.25, -0.2) is 4.68 Å². The van der Waals surface area contributed by atoms with E-state index in [1.165, 1.54) is 5.56 Å². The molecule has 0 spiro atoms. The zero-order valence-electron chi connectivity index (χ0n) is 17.5. The van der Waals surface area contributed by atoms with Crippen LogP contribution in [0.1, 0.15) is 70.8 Å². The number of methoxy groups -OCH3 is 1. The lowest BCUT2D eigenvalue weighted by atomic mass is 9.78. The second-order valence-electron chi connectivity index (χ2n) is 8.78. The van der Waals surface area contributed by atoms with Gasteiger partial charge in [0.2, 0.25) is 5.91 Å². The molecule has 7 heteroatoms. The SMILES string of the molecule is COc1ccccc1C1(CNC(=O)[C@H](C)n2nnnc2C(C)(C)C)CCCC1. The number of rotatable bonds is 6. The topological polar surface area (TPSA) is 81.9 Å². The van der Waals surface area contributed by atoms with Gasteiger partial charge >= 0.3 is 0 Å². The van der Waals surface area contributed by atoms with Crippen molar-refractivity contribution in [3.05, 3.63) is 35.7 Å². The maximum Gasteiger partial charge on any atom is 0.244 e. The number of hydrogen-bond acceptors (Lipinski definition) is 5. The molecule has 0 radical (unpaired) electrons. The third-order valence-corrected chi connectivity index (χ3v) is 5.75. The number of benzene rings is 1. The maximum absolute atomic E-state index is 12.9. The molecule has 1 aromatic carbocycles. The molecule has 1 fully saturated rings. The molecule has 1 aliphatic carbocycles. The van der Waals surface area contributed by atoms with Crippen LogP contribution in [0.5, 0.6) is 5.75 Å². The number of ether oxygens (including phenoxy) is 1. The first-order chi connectivity index (χ1) is 13.3. The second kappa shape index (κ2) is 7.89. The van der Waals surface area contributed by atoms with E-state index in [0.29, 0.717) is 12.4 Å². The van der Waals surface area contributed by atoms with E-state index in [-0.39, 0.29) is 16.7 Å². The first kappa shape index (κ1) is 20.3. The van der Waals surface area contributed by atoms with Crippen molar-refractivity contribution in [3.8, 4) is 5.75 Å². The third-order valence-electron chi connectivity index (χ3n) is 5.75. The number of nitrogens with zero attached hydrogens (tertiary/aromatic N) is 4. The third kappa shape index (κ3) is 3.88. The van der Waals surface area contributed by atoms with E-state index in [1.54, 1.807) is 11.8 Å². The van der Waals surface area contributed by atoms with Gasteiger partial charge in [0.15, 0.2) is 5.82 Å². The van der Waals surface area contributed by atoms with Gasteiger partial charge in [-0.1, -0.05) is 51.8 Å². The Morgan fingerprint density at radius 1 is 1.29 bits per heavy atom. The second-order valence-corrected chi connectivity index (χ2v) is 8.78. The van der Waals surface area contributed by atoms with E-state index in [4.69, 9.17) is 4.74 Å². The Hall–Kier alpha value is -2.44. The number of hydrogen-bond donors (Lipinski definition) is 1. The largest absolute Gasteiger partial charge is 0.496 e. The fourth-order valence-corrected chi connectivity index (χ4v) is 4.14. The molecule has 0 unspecified atom stereocenters. The van der Waals surface area contributed by atoms with E-state index >= 15 is 0 Å². The standard InChI is InChI=1S/C21H31N5O2/c1-15(26-19(20(2,3)4)23-24-25-26)18(27)22-14-21(12-8-9-13-21)16-10-6-7-11-17(16)28-5/h6-7,10-11,15H,8-9,12-14H2,1-5H3,(H,22,27)/t15-/m0/s1. The van der Waals surface area contributed by atoms with Crippen molar-refractivity contribution >= 4 is 5.91 Å². The highest BCUT2D eigenvalue weighted by molar-refractivity contribution is 5.80. The molecule has 1 N–H and O–H groups in total. The average molecular weight is 386 g/mol. The lowest BCUT2D eigenvalue weighted by Crippen LogP contribution is -2.42. The van der Waals surface area contributed by atoms with Crippen molar-refractivity contribution in [1.29, 1.82) is 0 Å². The van der Waals surface area contributed by atoms with Crippen LogP contribution in [0.4, 0.5) is 0 Å². The van der Waals surface area contributed by atoms with Gasteiger partial charge in [0.05, 0.1) is 7.11 Å². The Morgan fingerprint density at radius 2 is 1.96 bits per heavy atom. The summed E-state index contributed by atoms with van der Waals surface area (Å²) < 4.78 is 7.23. The van der Waals surface area contributed by atoms with Crippen LogP contribution >= 0.6 is 0 Å². The highest BCUT2D eigenvalue weighted by Crippen LogP contribution is 2.44. The van der Waals surface area contributed by atoms with Crippen molar-refractivity contribution in [2.45, 2.75) is 70.3 Å². The van der Waals surface area contributed by atoms with Crippen LogP contribution in [0, 0.1) is 0 Å². The van der Waals surface area contributed by atoms with Crippen LogP contribution in [-0.4, -0.2) is 39.8 Å². The summed E-state index contributed by atoms with van der Waals surface area (Å²) in [5.74, 6) is 1.52. The first-order valence-corrected chi connectivity index (χ1v) is 9.98. The van der Waals surface area contributed by atoms with Crippen LogP contribution in [0.2, 0.25) is 0 Å². The summed E-state index contributed by atoms with van der Waals surface area (Å²) in [7, 11) is 1.70. The minimum atomic E-state index is -0.472. The van der Waals surface area contributed by atoms with Crippen molar-refractivity contribution < 1.29 is 9.53 Å². The molecule has 1 saturated carbocycles. The monoisotopic (exact) mass is 385 g/mol. The first-order valence-electron chi connectivity index (χ1n) is 9.98. The minimum absolute atomic E-state index is 0.0704. The summed E-state index contributed by atoms with van der Waals surface area (Å²) in [6.45, 7) is 8.54. The van der Waals surface area contributed by atoms with Crippen molar-refractivity contribution in [1.82, 2.24) is 25.5 Å². The lowest BCUT2D eigenvalue weighted by molar-refractivity contribution is -0.124. The molecular formula is C21H31N5O2. The van der Waals surface area contributed by atoms with Crippen LogP contribution in [0.25, 0.3) is 0 Å².